The molecular weight excluding hydrogens is 385 g/mol. The van der Waals surface area contributed by atoms with Gasteiger partial charge >= 0.3 is 0 Å². The number of halogens is 2. The summed E-state index contributed by atoms with van der Waals surface area (Å²) in [6.07, 6.45) is 0.783. The lowest BCUT2D eigenvalue weighted by Gasteiger charge is -2.27. The Labute approximate surface area is 158 Å². The van der Waals surface area contributed by atoms with Gasteiger partial charge in [-0.1, -0.05) is 11.6 Å². The molecule has 5 nitrogen and oxygen atoms in total. The Balaban J connectivity index is 1.75. The van der Waals surface area contributed by atoms with Crippen molar-refractivity contribution in [3.8, 4) is 0 Å². The highest BCUT2D eigenvalue weighted by Gasteiger charge is 2.22. The molecule has 0 saturated carbocycles. The highest BCUT2D eigenvalue weighted by atomic mass is 35.5. The number of rotatable bonds is 3. The maximum Gasteiger partial charge on any atom is 0.271 e. The van der Waals surface area contributed by atoms with Crippen LogP contribution in [0.3, 0.4) is 0 Å². The molecule has 3 rings (SSSR count). The van der Waals surface area contributed by atoms with E-state index in [1.165, 1.54) is 30.3 Å². The minimum atomic E-state index is -0.505. The van der Waals surface area contributed by atoms with E-state index in [2.05, 4.69) is 10.6 Å². The molecule has 0 amide bonds. The van der Waals surface area contributed by atoms with Gasteiger partial charge in [0.25, 0.3) is 5.69 Å². The summed E-state index contributed by atoms with van der Waals surface area (Å²) in [5.41, 5.74) is 1.11. The second kappa shape index (κ2) is 7.55. The number of fused-ring (bicyclic) bond motifs is 1. The molecule has 1 aliphatic heterocycles. The molecule has 0 saturated heterocycles. The molecule has 0 aliphatic carbocycles. The number of hydrogen-bond acceptors (Lipinski definition) is 4. The van der Waals surface area contributed by atoms with Crippen molar-refractivity contribution in [2.24, 2.45) is 0 Å². The highest BCUT2D eigenvalue weighted by Crippen LogP contribution is 2.36. The van der Waals surface area contributed by atoms with E-state index in [4.69, 9.17) is 23.8 Å². The van der Waals surface area contributed by atoms with Gasteiger partial charge in [-0.3, -0.25) is 10.1 Å². The van der Waals surface area contributed by atoms with Gasteiger partial charge in [0, 0.05) is 22.8 Å². The number of thioether (sulfide) groups is 1. The van der Waals surface area contributed by atoms with Gasteiger partial charge < -0.3 is 10.6 Å². The molecule has 9 heteroatoms. The van der Waals surface area contributed by atoms with Gasteiger partial charge in [0.1, 0.15) is 5.82 Å². The predicted octanol–water partition coefficient (Wildman–Crippen LogP) is 4.91. The Morgan fingerprint density at radius 2 is 2.16 bits per heavy atom. The van der Waals surface area contributed by atoms with Crippen LogP contribution in [-0.2, 0) is 0 Å². The van der Waals surface area contributed by atoms with Crippen LogP contribution in [0.5, 0.6) is 0 Å². The summed E-state index contributed by atoms with van der Waals surface area (Å²) < 4.78 is 13.6. The molecule has 0 radical (unpaired) electrons. The van der Waals surface area contributed by atoms with Crippen molar-refractivity contribution in [2.45, 2.75) is 17.4 Å². The first-order valence-corrected chi connectivity index (χ1v) is 9.15. The maximum absolute atomic E-state index is 13.6. The van der Waals surface area contributed by atoms with E-state index in [1.54, 1.807) is 17.8 Å². The normalized spacial score (nSPS) is 16.0. The molecule has 0 aromatic heterocycles. The predicted molar refractivity (Wildman–Crippen MR) is 102 cm³/mol. The first-order valence-electron chi connectivity index (χ1n) is 7.38. The van der Waals surface area contributed by atoms with Crippen molar-refractivity contribution in [1.82, 2.24) is 5.32 Å². The standard InChI is InChI=1S/C16H13ClFN3O2S2/c17-12-3-2-10(21(22)23)8-14(12)20-16(24)19-13-5-6-25-15-4-1-9(18)7-11(13)15/h1-4,7-8,13H,5-6H2,(H2,19,20,24)/t13-/m1/s1. The number of hydrogen-bond donors (Lipinski definition) is 2. The molecule has 25 heavy (non-hydrogen) atoms. The third kappa shape index (κ3) is 4.20. The third-order valence-corrected chi connectivity index (χ3v) is 5.40. The molecule has 2 aromatic rings. The van der Waals surface area contributed by atoms with Gasteiger partial charge in [0.05, 0.1) is 21.7 Å². The van der Waals surface area contributed by atoms with E-state index in [0.717, 1.165) is 22.6 Å². The van der Waals surface area contributed by atoms with Crippen LogP contribution in [-0.4, -0.2) is 15.8 Å². The lowest BCUT2D eigenvalue weighted by molar-refractivity contribution is -0.384. The molecular formula is C16H13ClFN3O2S2. The molecule has 0 fully saturated rings. The number of benzene rings is 2. The molecule has 2 aromatic carbocycles. The number of anilines is 1. The van der Waals surface area contributed by atoms with Crippen LogP contribution in [0.4, 0.5) is 15.8 Å². The second-order valence-electron chi connectivity index (χ2n) is 5.39. The summed E-state index contributed by atoms with van der Waals surface area (Å²) in [6.45, 7) is 0. The van der Waals surface area contributed by atoms with E-state index < -0.39 is 4.92 Å². The topological polar surface area (TPSA) is 67.2 Å². The van der Waals surface area contributed by atoms with Crippen LogP contribution in [0.1, 0.15) is 18.0 Å². The summed E-state index contributed by atoms with van der Waals surface area (Å²) in [5, 5.41) is 17.5. The summed E-state index contributed by atoms with van der Waals surface area (Å²) in [7, 11) is 0. The summed E-state index contributed by atoms with van der Waals surface area (Å²) >= 11 is 13.0. The van der Waals surface area contributed by atoms with Crippen molar-refractivity contribution >= 4 is 52.1 Å². The number of thiocarbonyl (C=S) groups is 1. The average molecular weight is 398 g/mol. The maximum atomic E-state index is 13.6. The Bertz CT molecular complexity index is 850. The Morgan fingerprint density at radius 3 is 2.92 bits per heavy atom. The van der Waals surface area contributed by atoms with Crippen molar-refractivity contribution in [3.05, 3.63) is 62.9 Å². The minimum absolute atomic E-state index is 0.0869. The van der Waals surface area contributed by atoms with Crippen molar-refractivity contribution in [1.29, 1.82) is 0 Å². The van der Waals surface area contributed by atoms with Crippen molar-refractivity contribution < 1.29 is 9.31 Å². The van der Waals surface area contributed by atoms with Crippen LogP contribution >= 0.6 is 35.6 Å². The van der Waals surface area contributed by atoms with Gasteiger partial charge in [-0.25, -0.2) is 4.39 Å². The number of nitro groups is 1. The lowest BCUT2D eigenvalue weighted by atomic mass is 10.0. The number of nitrogens with one attached hydrogen (secondary N) is 2. The van der Waals surface area contributed by atoms with E-state index in [0.29, 0.717) is 10.7 Å². The molecule has 1 atom stereocenters. The molecule has 2 N–H and O–H groups in total. The highest BCUT2D eigenvalue weighted by molar-refractivity contribution is 7.99. The van der Waals surface area contributed by atoms with E-state index >= 15 is 0 Å². The fraction of sp³-hybridized carbons (Fsp3) is 0.188. The van der Waals surface area contributed by atoms with Crippen LogP contribution in [0.2, 0.25) is 5.02 Å². The quantitative estimate of drug-likeness (QED) is 0.435. The van der Waals surface area contributed by atoms with Crippen molar-refractivity contribution in [2.75, 3.05) is 11.1 Å². The van der Waals surface area contributed by atoms with Gasteiger partial charge in [0.2, 0.25) is 0 Å². The van der Waals surface area contributed by atoms with Crippen LogP contribution in [0, 0.1) is 15.9 Å². The number of nitro benzene ring substituents is 1. The van der Waals surface area contributed by atoms with Crippen molar-refractivity contribution in [3.63, 3.8) is 0 Å². The van der Waals surface area contributed by atoms with Crippen LogP contribution in [0.15, 0.2) is 41.3 Å². The minimum Gasteiger partial charge on any atom is -0.356 e. The largest absolute Gasteiger partial charge is 0.356 e. The second-order valence-corrected chi connectivity index (χ2v) is 7.34. The fourth-order valence-electron chi connectivity index (χ4n) is 2.55. The zero-order valence-electron chi connectivity index (χ0n) is 12.8. The first kappa shape index (κ1) is 17.9. The first-order chi connectivity index (χ1) is 11.9. The SMILES string of the molecule is O=[N+]([O-])c1ccc(Cl)c(NC(=S)N[C@@H]2CCSc3ccc(F)cc32)c1. The molecule has 130 valence electrons. The Hall–Kier alpha value is -1.90. The fourth-order valence-corrected chi connectivity index (χ4v) is 4.08. The molecule has 0 bridgehead atoms. The Kier molecular flexibility index (Phi) is 5.41. The van der Waals surface area contributed by atoms with Gasteiger partial charge in [0.15, 0.2) is 5.11 Å². The summed E-state index contributed by atoms with van der Waals surface area (Å²) in [5.74, 6) is 0.588. The Morgan fingerprint density at radius 1 is 1.36 bits per heavy atom. The zero-order valence-corrected chi connectivity index (χ0v) is 15.2. The molecule has 0 spiro atoms. The van der Waals surface area contributed by atoms with E-state index in [1.807, 2.05) is 0 Å². The smallest absolute Gasteiger partial charge is 0.271 e. The average Bonchev–Trinajstić information content (AvgIpc) is 2.57. The number of nitrogens with zero attached hydrogens (tertiary/aromatic N) is 1. The van der Waals surface area contributed by atoms with E-state index in [9.17, 15) is 14.5 Å². The molecule has 1 heterocycles. The summed E-state index contributed by atoms with van der Waals surface area (Å²) in [4.78, 5) is 11.4. The van der Waals surface area contributed by atoms with E-state index in [-0.39, 0.29) is 22.7 Å². The van der Waals surface area contributed by atoms with Gasteiger partial charge in [-0.05, 0) is 48.5 Å². The summed E-state index contributed by atoms with van der Waals surface area (Å²) in [6, 6.07) is 8.64. The zero-order chi connectivity index (χ0) is 18.0. The van der Waals surface area contributed by atoms with Gasteiger partial charge in [-0.2, -0.15) is 0 Å². The monoisotopic (exact) mass is 397 g/mol. The van der Waals surface area contributed by atoms with Gasteiger partial charge in [-0.15, -0.1) is 11.8 Å². The number of non-ortho nitro benzene ring substituents is 1. The molecule has 0 unspecified atom stereocenters. The van der Waals surface area contributed by atoms with Crippen LogP contribution < -0.4 is 10.6 Å². The third-order valence-electron chi connectivity index (χ3n) is 3.73. The lowest BCUT2D eigenvalue weighted by Crippen LogP contribution is -2.34. The molecule has 1 aliphatic rings. The van der Waals surface area contributed by atoms with Crippen LogP contribution in [0.25, 0.3) is 0 Å².